The molecular formula is C22H24N2O2. The van der Waals surface area contributed by atoms with Gasteiger partial charge in [0.1, 0.15) is 0 Å². The number of aryl methyl sites for hydroxylation is 1. The summed E-state index contributed by atoms with van der Waals surface area (Å²) in [6.45, 7) is 4.24. The second kappa shape index (κ2) is 6.96. The lowest BCUT2D eigenvalue weighted by Gasteiger charge is -2.35. The van der Waals surface area contributed by atoms with Gasteiger partial charge in [0.05, 0.1) is 18.4 Å². The molecule has 1 aromatic heterocycles. The minimum atomic E-state index is -0.0656. The molecule has 0 aliphatic heterocycles. The van der Waals surface area contributed by atoms with Crippen LogP contribution in [0.5, 0.6) is 0 Å². The number of hydrogen-bond acceptors (Lipinski definition) is 2. The van der Waals surface area contributed by atoms with Crippen molar-refractivity contribution in [3.05, 3.63) is 65.4 Å². The number of carbonyl (C=O) groups is 1. The van der Waals surface area contributed by atoms with Crippen molar-refractivity contribution in [3.63, 3.8) is 0 Å². The molecule has 1 aliphatic carbocycles. The molecule has 2 N–H and O–H groups in total. The molecule has 4 rings (SSSR count). The third kappa shape index (κ3) is 3.51. The number of fused-ring (bicyclic) bond motifs is 1. The van der Waals surface area contributed by atoms with Crippen molar-refractivity contribution in [1.82, 2.24) is 4.98 Å². The first-order valence-corrected chi connectivity index (χ1v) is 9.14. The van der Waals surface area contributed by atoms with Crippen molar-refractivity contribution in [2.75, 3.05) is 5.32 Å². The van der Waals surface area contributed by atoms with Gasteiger partial charge in [0, 0.05) is 24.0 Å². The molecule has 0 spiro atoms. The van der Waals surface area contributed by atoms with E-state index in [1.165, 1.54) is 18.1 Å². The molecule has 2 aromatic carbocycles. The number of H-pyrrole nitrogens is 1. The summed E-state index contributed by atoms with van der Waals surface area (Å²) in [6, 6.07) is 15.0. The third-order valence-corrected chi connectivity index (χ3v) is 5.19. The number of hydrogen-bond donors (Lipinski definition) is 2. The number of rotatable bonds is 5. The van der Waals surface area contributed by atoms with Crippen LogP contribution < -0.4 is 5.32 Å². The van der Waals surface area contributed by atoms with Gasteiger partial charge in [-0.1, -0.05) is 35.9 Å². The van der Waals surface area contributed by atoms with Gasteiger partial charge in [0.25, 0.3) is 0 Å². The SMILES string of the molecule is CC(=O)Nc1c[nH]c2ccc(COC3CC(c4ccc(C)cc4)C3)cc12. The third-order valence-electron chi connectivity index (χ3n) is 5.19. The Morgan fingerprint density at radius 3 is 2.69 bits per heavy atom. The maximum atomic E-state index is 11.3. The fourth-order valence-electron chi connectivity index (χ4n) is 3.58. The van der Waals surface area contributed by atoms with Gasteiger partial charge in [-0.05, 0) is 48.9 Å². The number of aromatic amines is 1. The number of amides is 1. The van der Waals surface area contributed by atoms with E-state index in [2.05, 4.69) is 53.6 Å². The fourth-order valence-corrected chi connectivity index (χ4v) is 3.58. The molecule has 0 saturated heterocycles. The van der Waals surface area contributed by atoms with Crippen LogP contribution >= 0.6 is 0 Å². The van der Waals surface area contributed by atoms with Crippen molar-refractivity contribution in [1.29, 1.82) is 0 Å². The quantitative estimate of drug-likeness (QED) is 0.689. The highest BCUT2D eigenvalue weighted by Crippen LogP contribution is 2.39. The molecule has 3 aromatic rings. The highest BCUT2D eigenvalue weighted by Gasteiger charge is 2.30. The van der Waals surface area contributed by atoms with E-state index in [0.29, 0.717) is 18.6 Å². The van der Waals surface area contributed by atoms with E-state index in [9.17, 15) is 4.79 Å². The maximum Gasteiger partial charge on any atom is 0.221 e. The highest BCUT2D eigenvalue weighted by atomic mass is 16.5. The van der Waals surface area contributed by atoms with Gasteiger partial charge in [-0.3, -0.25) is 4.79 Å². The van der Waals surface area contributed by atoms with E-state index in [0.717, 1.165) is 35.0 Å². The lowest BCUT2D eigenvalue weighted by atomic mass is 9.77. The van der Waals surface area contributed by atoms with Crippen molar-refractivity contribution >= 4 is 22.5 Å². The Morgan fingerprint density at radius 2 is 1.96 bits per heavy atom. The Morgan fingerprint density at radius 1 is 1.19 bits per heavy atom. The van der Waals surface area contributed by atoms with Gasteiger partial charge in [0.2, 0.25) is 5.91 Å². The number of anilines is 1. The van der Waals surface area contributed by atoms with Crippen LogP contribution in [0, 0.1) is 6.92 Å². The summed E-state index contributed by atoms with van der Waals surface area (Å²) in [6.07, 6.45) is 4.34. The van der Waals surface area contributed by atoms with Crippen LogP contribution in [-0.4, -0.2) is 17.0 Å². The van der Waals surface area contributed by atoms with E-state index < -0.39 is 0 Å². The van der Waals surface area contributed by atoms with Crippen LogP contribution in [0.4, 0.5) is 5.69 Å². The Balaban J connectivity index is 1.35. The zero-order chi connectivity index (χ0) is 18.1. The Kier molecular flexibility index (Phi) is 4.51. The molecule has 1 heterocycles. The van der Waals surface area contributed by atoms with Crippen LogP contribution in [0.2, 0.25) is 0 Å². The van der Waals surface area contributed by atoms with E-state index in [4.69, 9.17) is 4.74 Å². The van der Waals surface area contributed by atoms with E-state index >= 15 is 0 Å². The standard InChI is InChI=1S/C22H24N2O2/c1-14-3-6-17(7-4-14)18-10-19(11-18)26-13-16-5-8-21-20(9-16)22(12-23-21)24-15(2)25/h3-9,12,18-19,23H,10-11,13H2,1-2H3,(H,24,25). The number of carbonyl (C=O) groups excluding carboxylic acids is 1. The van der Waals surface area contributed by atoms with Gasteiger partial charge in [-0.15, -0.1) is 0 Å². The molecule has 1 fully saturated rings. The van der Waals surface area contributed by atoms with E-state index in [-0.39, 0.29) is 5.91 Å². The summed E-state index contributed by atoms with van der Waals surface area (Å²) in [5.41, 5.74) is 5.68. The molecule has 0 unspecified atom stereocenters. The normalized spacial score (nSPS) is 19.3. The van der Waals surface area contributed by atoms with Crippen LogP contribution in [0.25, 0.3) is 10.9 Å². The Bertz CT molecular complexity index is 921. The first-order chi connectivity index (χ1) is 12.6. The minimum Gasteiger partial charge on any atom is -0.373 e. The summed E-state index contributed by atoms with van der Waals surface area (Å²) in [4.78, 5) is 14.5. The largest absolute Gasteiger partial charge is 0.373 e. The maximum absolute atomic E-state index is 11.3. The average molecular weight is 348 g/mol. The molecule has 0 atom stereocenters. The van der Waals surface area contributed by atoms with Crippen LogP contribution in [0.1, 0.15) is 42.4 Å². The first-order valence-electron chi connectivity index (χ1n) is 9.14. The molecule has 26 heavy (non-hydrogen) atoms. The number of ether oxygens (including phenoxy) is 1. The molecular weight excluding hydrogens is 324 g/mol. The summed E-state index contributed by atoms with van der Waals surface area (Å²) in [7, 11) is 0. The van der Waals surface area contributed by atoms with Gasteiger partial charge in [0.15, 0.2) is 0 Å². The topological polar surface area (TPSA) is 54.1 Å². The molecule has 134 valence electrons. The number of nitrogens with one attached hydrogen (secondary N) is 2. The lowest BCUT2D eigenvalue weighted by Crippen LogP contribution is -2.29. The molecule has 0 radical (unpaired) electrons. The minimum absolute atomic E-state index is 0.0656. The monoisotopic (exact) mass is 348 g/mol. The van der Waals surface area contributed by atoms with Crippen molar-refractivity contribution in [2.24, 2.45) is 0 Å². The molecule has 0 bridgehead atoms. The van der Waals surface area contributed by atoms with Gasteiger partial charge in [-0.2, -0.15) is 0 Å². The average Bonchev–Trinajstić information content (AvgIpc) is 2.97. The second-order valence-corrected chi connectivity index (χ2v) is 7.28. The lowest BCUT2D eigenvalue weighted by molar-refractivity contribution is -0.114. The Hall–Kier alpha value is -2.59. The van der Waals surface area contributed by atoms with Crippen molar-refractivity contribution in [3.8, 4) is 0 Å². The van der Waals surface area contributed by atoms with Crippen LogP contribution in [0.3, 0.4) is 0 Å². The van der Waals surface area contributed by atoms with Gasteiger partial charge < -0.3 is 15.0 Å². The smallest absolute Gasteiger partial charge is 0.221 e. The summed E-state index contributed by atoms with van der Waals surface area (Å²) >= 11 is 0. The molecule has 4 nitrogen and oxygen atoms in total. The molecule has 1 saturated carbocycles. The number of benzene rings is 2. The highest BCUT2D eigenvalue weighted by molar-refractivity contribution is 6.01. The van der Waals surface area contributed by atoms with E-state index in [1.54, 1.807) is 0 Å². The molecule has 1 amide bonds. The predicted octanol–water partition coefficient (Wildman–Crippen LogP) is 4.90. The summed E-state index contributed by atoms with van der Waals surface area (Å²) in [5, 5.41) is 3.88. The zero-order valence-electron chi connectivity index (χ0n) is 15.2. The Labute approximate surface area is 153 Å². The summed E-state index contributed by atoms with van der Waals surface area (Å²) in [5.74, 6) is 0.559. The van der Waals surface area contributed by atoms with Crippen LogP contribution in [0.15, 0.2) is 48.7 Å². The van der Waals surface area contributed by atoms with Crippen molar-refractivity contribution in [2.45, 2.75) is 45.3 Å². The van der Waals surface area contributed by atoms with E-state index in [1.807, 2.05) is 12.3 Å². The van der Waals surface area contributed by atoms with Crippen LogP contribution in [-0.2, 0) is 16.1 Å². The predicted molar refractivity (Wildman–Crippen MR) is 104 cm³/mol. The second-order valence-electron chi connectivity index (χ2n) is 7.28. The first kappa shape index (κ1) is 16.9. The fraction of sp³-hybridized carbons (Fsp3) is 0.318. The van der Waals surface area contributed by atoms with Gasteiger partial charge >= 0.3 is 0 Å². The molecule has 4 heteroatoms. The zero-order valence-corrected chi connectivity index (χ0v) is 15.2. The number of aromatic nitrogens is 1. The molecule has 1 aliphatic rings. The van der Waals surface area contributed by atoms with Crippen molar-refractivity contribution < 1.29 is 9.53 Å². The van der Waals surface area contributed by atoms with Gasteiger partial charge in [-0.25, -0.2) is 0 Å². The summed E-state index contributed by atoms with van der Waals surface area (Å²) < 4.78 is 6.09.